The van der Waals surface area contributed by atoms with Gasteiger partial charge in [0.25, 0.3) is 11.8 Å². The van der Waals surface area contributed by atoms with Crippen LogP contribution < -0.4 is 16.9 Å². The SMILES string of the molecule is CC1(C)OB(c2ccc3nc(N)nc(C(=O)N4Cc5ccccc5C4)c3c2)OC1(C)C.CN(Cc1cc(F)c(F)cc1-c1ccc2nc(N)nc(C(=O)N3Cc4ccccc4C3)c2c1)C(C)(C)C.CN(Cc1cc(F)c(F)cc1Br)C(C)(C)C. The van der Waals surface area contributed by atoms with Gasteiger partial charge in [-0.25, -0.2) is 37.5 Å². The summed E-state index contributed by atoms with van der Waals surface area (Å²) in [6.45, 7) is 23.5. The summed E-state index contributed by atoms with van der Waals surface area (Å²) in [4.78, 5) is 52.0. The molecular weight excluding hydrogens is 1140 g/mol. The molecular formula is C64H70BBrF4N10O4. The number of nitrogens with two attached hydrogens (primary N) is 2. The summed E-state index contributed by atoms with van der Waals surface area (Å²) in [6, 6.07) is 31.7. The number of amides is 2. The number of nitrogens with zero attached hydrogens (tertiary/aromatic N) is 8. The average Bonchev–Trinajstić information content (AvgIpc) is 1.84. The number of hydrogen-bond acceptors (Lipinski definition) is 12. The van der Waals surface area contributed by atoms with E-state index in [9.17, 15) is 27.2 Å². The van der Waals surface area contributed by atoms with Crippen LogP contribution in [0.2, 0.25) is 0 Å². The highest BCUT2D eigenvalue weighted by Crippen LogP contribution is 2.38. The number of carbonyl (C=O) groups is 2. The van der Waals surface area contributed by atoms with Crippen molar-refractivity contribution < 1.29 is 36.5 Å². The van der Waals surface area contributed by atoms with Crippen molar-refractivity contribution in [3.63, 3.8) is 0 Å². The molecule has 0 aliphatic carbocycles. The van der Waals surface area contributed by atoms with E-state index in [1.54, 1.807) is 28.0 Å². The summed E-state index contributed by atoms with van der Waals surface area (Å²) in [6.07, 6.45) is 0. The van der Waals surface area contributed by atoms with Crippen LogP contribution in [-0.2, 0) is 48.6 Å². The van der Waals surface area contributed by atoms with Crippen LogP contribution in [0.5, 0.6) is 0 Å². The lowest BCUT2D eigenvalue weighted by atomic mass is 9.78. The lowest BCUT2D eigenvalue weighted by Crippen LogP contribution is -2.41. The average molecular weight is 1210 g/mol. The van der Waals surface area contributed by atoms with Crippen LogP contribution in [-0.4, -0.2) is 94.8 Å². The largest absolute Gasteiger partial charge is 0.494 e. The van der Waals surface area contributed by atoms with E-state index in [0.717, 1.165) is 33.3 Å². The molecule has 0 bridgehead atoms. The molecule has 1 fully saturated rings. The fourth-order valence-corrected chi connectivity index (χ4v) is 10.3. The lowest BCUT2D eigenvalue weighted by molar-refractivity contribution is 0.00578. The number of hydrogen-bond donors (Lipinski definition) is 2. The molecule has 0 atom stereocenters. The van der Waals surface area contributed by atoms with Gasteiger partial charge in [0.15, 0.2) is 23.3 Å². The second-order valence-electron chi connectivity index (χ2n) is 24.7. The zero-order valence-corrected chi connectivity index (χ0v) is 51.1. The van der Waals surface area contributed by atoms with Gasteiger partial charge in [-0.05, 0) is 176 Å². The maximum atomic E-state index is 14.4. The third-order valence-electron chi connectivity index (χ3n) is 16.3. The molecule has 0 spiro atoms. The van der Waals surface area contributed by atoms with Crippen LogP contribution in [0.15, 0.2) is 114 Å². The number of carbonyl (C=O) groups excluding carboxylic acids is 2. The van der Waals surface area contributed by atoms with E-state index in [1.165, 1.54) is 24.3 Å². The summed E-state index contributed by atoms with van der Waals surface area (Å²) in [7, 11) is 3.35. The second-order valence-corrected chi connectivity index (χ2v) is 25.5. The van der Waals surface area contributed by atoms with Crippen molar-refractivity contribution in [2.24, 2.45) is 0 Å². The van der Waals surface area contributed by atoms with E-state index >= 15 is 0 Å². The summed E-state index contributed by atoms with van der Waals surface area (Å²) in [5.74, 6) is -3.81. The van der Waals surface area contributed by atoms with Crippen LogP contribution >= 0.6 is 15.9 Å². The van der Waals surface area contributed by atoms with Crippen LogP contribution in [0, 0.1) is 23.3 Å². The maximum absolute atomic E-state index is 14.4. The van der Waals surface area contributed by atoms with Crippen LogP contribution in [0.25, 0.3) is 32.9 Å². The Morgan fingerprint density at radius 1 is 0.571 bits per heavy atom. The Balaban J connectivity index is 0.000000163. The van der Waals surface area contributed by atoms with Crippen molar-refractivity contribution in [3.05, 3.63) is 182 Å². The smallest absolute Gasteiger partial charge is 0.399 e. The molecule has 3 aliphatic rings. The molecule has 2 amide bonds. The van der Waals surface area contributed by atoms with Crippen molar-refractivity contribution in [1.82, 2.24) is 39.5 Å². The minimum atomic E-state index is -0.933. The number of benzene rings is 6. The summed E-state index contributed by atoms with van der Waals surface area (Å²) in [5.41, 5.74) is 20.3. The van der Waals surface area contributed by atoms with Crippen LogP contribution in [0.1, 0.15) is 124 Å². The number of halogens is 5. The fourth-order valence-electron chi connectivity index (χ4n) is 9.84. The molecule has 2 aromatic heterocycles. The molecule has 6 aromatic carbocycles. The fraction of sp³-hybridized carbons (Fsp3) is 0.344. The molecule has 438 valence electrons. The predicted octanol–water partition coefficient (Wildman–Crippen LogP) is 12.2. The molecule has 3 aliphatic heterocycles. The first-order valence-electron chi connectivity index (χ1n) is 27.6. The number of anilines is 2. The lowest BCUT2D eigenvalue weighted by Gasteiger charge is -2.32. The minimum absolute atomic E-state index is 0.000582. The zero-order chi connectivity index (χ0) is 61.0. The predicted molar refractivity (Wildman–Crippen MR) is 326 cm³/mol. The number of fused-ring (bicyclic) bond motifs is 4. The van der Waals surface area contributed by atoms with E-state index < -0.39 is 41.6 Å². The van der Waals surface area contributed by atoms with Gasteiger partial charge < -0.3 is 30.6 Å². The quantitative estimate of drug-likeness (QED) is 0.0840. The monoisotopic (exact) mass is 1210 g/mol. The molecule has 8 aromatic rings. The third-order valence-corrected chi connectivity index (χ3v) is 17.0. The molecule has 14 nitrogen and oxygen atoms in total. The van der Waals surface area contributed by atoms with E-state index in [-0.39, 0.29) is 40.5 Å². The molecule has 0 unspecified atom stereocenters. The first-order chi connectivity index (χ1) is 39.4. The van der Waals surface area contributed by atoms with E-state index in [4.69, 9.17) is 20.8 Å². The Labute approximate surface area is 496 Å². The Kier molecular flexibility index (Phi) is 17.2. The molecule has 11 rings (SSSR count). The van der Waals surface area contributed by atoms with Gasteiger partial charge in [-0.2, -0.15) is 0 Å². The molecule has 1 saturated heterocycles. The van der Waals surface area contributed by atoms with Gasteiger partial charge in [-0.15, -0.1) is 0 Å². The summed E-state index contributed by atoms with van der Waals surface area (Å²) < 4.78 is 67.7. The molecule has 0 saturated carbocycles. The Morgan fingerprint density at radius 3 is 1.42 bits per heavy atom. The van der Waals surface area contributed by atoms with E-state index in [2.05, 4.69) is 87.2 Å². The number of rotatable bonds is 8. The molecule has 5 heterocycles. The Hall–Kier alpha value is -7.36. The topological polar surface area (TPSA) is 169 Å². The third kappa shape index (κ3) is 13.1. The molecule has 20 heteroatoms. The highest BCUT2D eigenvalue weighted by molar-refractivity contribution is 9.10. The molecule has 4 N–H and O–H groups in total. The van der Waals surface area contributed by atoms with Crippen molar-refractivity contribution in [2.75, 3.05) is 25.6 Å². The van der Waals surface area contributed by atoms with Gasteiger partial charge in [0.2, 0.25) is 11.9 Å². The minimum Gasteiger partial charge on any atom is -0.399 e. The summed E-state index contributed by atoms with van der Waals surface area (Å²) in [5, 5.41) is 1.15. The zero-order valence-electron chi connectivity index (χ0n) is 49.5. The Bertz CT molecular complexity index is 3790. The van der Waals surface area contributed by atoms with Gasteiger partial charge in [-0.3, -0.25) is 19.4 Å². The first kappa shape index (κ1) is 61.2. The van der Waals surface area contributed by atoms with Gasteiger partial charge in [0, 0.05) is 65.6 Å². The standard InChI is InChI=1S/C29H29F2N5O.C23H25BN4O3.C12H16BrF2N/c1-29(2,3)35(4)14-20-12-23(30)24(31)13-21(20)17-9-10-25-22(11-17)26(34-28(32)33-25)27(37)36-15-18-7-5-6-8-19(18)16-36;1-22(2)23(3,4)31-24(30-22)16-9-10-18-17(11-16)19(27-21(25)26-18)20(29)28-12-14-7-5-6-8-15(14)13-28;1-12(2,3)16(4)7-8-5-10(14)11(15)6-9(8)13/h5-13H,14-16H2,1-4H3,(H2,32,33,34);5-11H,12-13H2,1-4H3,(H2,25,26,27);5-6H,7H2,1-4H3. The molecule has 0 radical (unpaired) electrons. The van der Waals surface area contributed by atoms with Gasteiger partial charge in [0.1, 0.15) is 11.4 Å². The highest BCUT2D eigenvalue weighted by atomic mass is 79.9. The maximum Gasteiger partial charge on any atom is 0.494 e. The van der Waals surface area contributed by atoms with E-state index in [1.807, 2.05) is 109 Å². The molecule has 84 heavy (non-hydrogen) atoms. The van der Waals surface area contributed by atoms with Gasteiger partial charge >= 0.3 is 7.12 Å². The number of aromatic nitrogens is 4. The van der Waals surface area contributed by atoms with Gasteiger partial charge in [0.05, 0.1) is 22.2 Å². The van der Waals surface area contributed by atoms with E-state index in [0.29, 0.717) is 87.9 Å². The van der Waals surface area contributed by atoms with Gasteiger partial charge in [-0.1, -0.05) is 82.7 Å². The van der Waals surface area contributed by atoms with Crippen molar-refractivity contribution >= 4 is 74.0 Å². The van der Waals surface area contributed by atoms with Crippen molar-refractivity contribution in [1.29, 1.82) is 0 Å². The highest BCUT2D eigenvalue weighted by Gasteiger charge is 2.52. The second kappa shape index (κ2) is 23.6. The van der Waals surface area contributed by atoms with Crippen LogP contribution in [0.3, 0.4) is 0 Å². The van der Waals surface area contributed by atoms with Crippen molar-refractivity contribution in [3.8, 4) is 11.1 Å². The Morgan fingerprint density at radius 2 is 0.964 bits per heavy atom. The van der Waals surface area contributed by atoms with Crippen LogP contribution in [0.4, 0.5) is 29.5 Å². The van der Waals surface area contributed by atoms with Crippen molar-refractivity contribution in [2.45, 2.75) is 131 Å². The first-order valence-corrected chi connectivity index (χ1v) is 28.4. The number of nitrogen functional groups attached to an aromatic ring is 2. The summed E-state index contributed by atoms with van der Waals surface area (Å²) >= 11 is 3.24. The normalized spacial score (nSPS) is 15.3.